The molecular weight excluding hydrogens is 366 g/mol. The third kappa shape index (κ3) is 4.05. The average molecular weight is 393 g/mol. The number of hydrogen-bond donors (Lipinski definition) is 2. The van der Waals surface area contributed by atoms with Gasteiger partial charge in [-0.15, -0.1) is 0 Å². The second-order valence-electron chi connectivity index (χ2n) is 7.45. The van der Waals surface area contributed by atoms with Crippen LogP contribution in [0.3, 0.4) is 0 Å². The van der Waals surface area contributed by atoms with E-state index in [0.717, 1.165) is 66.3 Å². The number of nitrogens with zero attached hydrogens (tertiary/aromatic N) is 3. The van der Waals surface area contributed by atoms with Crippen molar-refractivity contribution in [1.29, 1.82) is 0 Å². The fourth-order valence-corrected chi connectivity index (χ4v) is 3.88. The van der Waals surface area contributed by atoms with Gasteiger partial charge in [-0.25, -0.2) is 0 Å². The van der Waals surface area contributed by atoms with E-state index in [1.165, 1.54) is 0 Å². The van der Waals surface area contributed by atoms with Crippen molar-refractivity contribution in [2.75, 3.05) is 43.9 Å². The van der Waals surface area contributed by atoms with Crippen LogP contribution in [0.25, 0.3) is 11.0 Å². The molecular formula is C22H27N5O2. The number of nitrogens with one attached hydrogen (secondary N) is 1. The first-order valence-electron chi connectivity index (χ1n) is 9.99. The van der Waals surface area contributed by atoms with Crippen LogP contribution in [0, 0.1) is 0 Å². The number of hydrogen-bond acceptors (Lipinski definition) is 6. The second-order valence-corrected chi connectivity index (χ2v) is 7.45. The molecule has 1 saturated heterocycles. The molecule has 1 fully saturated rings. The van der Waals surface area contributed by atoms with Crippen LogP contribution in [0.15, 0.2) is 41.3 Å². The minimum atomic E-state index is -0.0231. The molecule has 29 heavy (non-hydrogen) atoms. The van der Waals surface area contributed by atoms with Crippen molar-refractivity contribution >= 4 is 22.4 Å². The molecule has 0 radical (unpaired) electrons. The van der Waals surface area contributed by atoms with Gasteiger partial charge in [-0.2, -0.15) is 0 Å². The molecule has 7 heteroatoms. The van der Waals surface area contributed by atoms with Crippen molar-refractivity contribution in [3.63, 3.8) is 0 Å². The maximum absolute atomic E-state index is 12.1. The predicted octanol–water partition coefficient (Wildman–Crippen LogP) is 2.40. The number of ether oxygens (including phenoxy) is 1. The van der Waals surface area contributed by atoms with E-state index in [2.05, 4.69) is 19.8 Å². The van der Waals surface area contributed by atoms with Gasteiger partial charge < -0.3 is 20.4 Å². The van der Waals surface area contributed by atoms with Crippen molar-refractivity contribution in [1.82, 2.24) is 14.9 Å². The van der Waals surface area contributed by atoms with E-state index in [1.54, 1.807) is 7.11 Å². The molecule has 152 valence electrons. The Labute approximate surface area is 170 Å². The smallest absolute Gasteiger partial charge is 0.251 e. The number of aromatic amines is 1. The van der Waals surface area contributed by atoms with E-state index < -0.39 is 0 Å². The SMILES string of the molecule is CCc1cc2ncc(CN3CCN(c4ccc(N)cc4OC)CC3)cc2[nH]c1=O. The number of anilines is 2. The third-order valence-corrected chi connectivity index (χ3v) is 5.53. The average Bonchev–Trinajstić information content (AvgIpc) is 2.73. The van der Waals surface area contributed by atoms with E-state index in [9.17, 15) is 4.79 Å². The summed E-state index contributed by atoms with van der Waals surface area (Å²) < 4.78 is 5.50. The van der Waals surface area contributed by atoms with Crippen molar-refractivity contribution < 1.29 is 4.74 Å². The molecule has 1 aromatic carbocycles. The maximum Gasteiger partial charge on any atom is 0.251 e. The molecule has 0 bridgehead atoms. The summed E-state index contributed by atoms with van der Waals surface area (Å²) in [6.07, 6.45) is 2.62. The molecule has 3 N–H and O–H groups in total. The normalized spacial score (nSPS) is 15.0. The fourth-order valence-electron chi connectivity index (χ4n) is 3.88. The Hall–Kier alpha value is -3.06. The molecule has 3 aromatic rings. The lowest BCUT2D eigenvalue weighted by atomic mass is 10.1. The molecule has 2 aromatic heterocycles. The Bertz CT molecular complexity index is 1070. The highest BCUT2D eigenvalue weighted by Crippen LogP contribution is 2.31. The Morgan fingerprint density at radius 1 is 1.17 bits per heavy atom. The quantitative estimate of drug-likeness (QED) is 0.647. The first-order valence-corrected chi connectivity index (χ1v) is 9.99. The molecule has 0 spiro atoms. The molecule has 0 unspecified atom stereocenters. The van der Waals surface area contributed by atoms with Gasteiger partial charge in [0.05, 0.1) is 23.8 Å². The summed E-state index contributed by atoms with van der Waals surface area (Å²) in [5, 5.41) is 0. The number of fused-ring (bicyclic) bond motifs is 1. The highest BCUT2D eigenvalue weighted by atomic mass is 16.5. The van der Waals surface area contributed by atoms with Crippen LogP contribution in [-0.2, 0) is 13.0 Å². The van der Waals surface area contributed by atoms with Crippen molar-refractivity contribution in [3.05, 3.63) is 58.0 Å². The summed E-state index contributed by atoms with van der Waals surface area (Å²) in [5.74, 6) is 0.813. The molecule has 7 nitrogen and oxygen atoms in total. The lowest BCUT2D eigenvalue weighted by Crippen LogP contribution is -2.46. The number of aromatic nitrogens is 2. The van der Waals surface area contributed by atoms with Crippen LogP contribution in [-0.4, -0.2) is 48.2 Å². The summed E-state index contributed by atoms with van der Waals surface area (Å²) in [5.41, 5.74) is 11.2. The van der Waals surface area contributed by atoms with E-state index in [4.69, 9.17) is 10.5 Å². The Kier molecular flexibility index (Phi) is 5.40. The minimum Gasteiger partial charge on any atom is -0.495 e. The van der Waals surface area contributed by atoms with Gasteiger partial charge in [0.15, 0.2) is 0 Å². The van der Waals surface area contributed by atoms with E-state index in [0.29, 0.717) is 12.1 Å². The number of rotatable bonds is 5. The Balaban J connectivity index is 1.44. The standard InChI is InChI=1S/C22H27N5O2/c1-3-16-11-18-19(25-22(16)28)10-15(13-24-18)14-26-6-8-27(9-7-26)20-5-4-17(23)12-21(20)29-2/h4-5,10-13H,3,6-9,14,23H2,1-2H3,(H,25,28). The number of piperazine rings is 1. The van der Waals surface area contributed by atoms with Crippen LogP contribution in [0.5, 0.6) is 5.75 Å². The van der Waals surface area contributed by atoms with Gasteiger partial charge in [0, 0.05) is 56.2 Å². The zero-order valence-corrected chi connectivity index (χ0v) is 16.9. The van der Waals surface area contributed by atoms with Gasteiger partial charge in [-0.05, 0) is 36.2 Å². The third-order valence-electron chi connectivity index (χ3n) is 5.53. The van der Waals surface area contributed by atoms with Gasteiger partial charge in [0.25, 0.3) is 5.56 Å². The van der Waals surface area contributed by atoms with E-state index >= 15 is 0 Å². The maximum atomic E-state index is 12.1. The second kappa shape index (κ2) is 8.13. The fraction of sp³-hybridized carbons (Fsp3) is 0.364. The molecule has 4 rings (SSSR count). The zero-order valence-electron chi connectivity index (χ0n) is 16.9. The molecule has 1 aliphatic heterocycles. The van der Waals surface area contributed by atoms with Gasteiger partial charge in [0.1, 0.15) is 5.75 Å². The van der Waals surface area contributed by atoms with Gasteiger partial charge in [0.2, 0.25) is 0 Å². The van der Waals surface area contributed by atoms with Crippen LogP contribution in [0.2, 0.25) is 0 Å². The molecule has 0 amide bonds. The monoisotopic (exact) mass is 393 g/mol. The highest BCUT2D eigenvalue weighted by molar-refractivity contribution is 5.74. The number of nitrogen functional groups attached to an aromatic ring is 1. The highest BCUT2D eigenvalue weighted by Gasteiger charge is 2.20. The van der Waals surface area contributed by atoms with Crippen LogP contribution >= 0.6 is 0 Å². The largest absolute Gasteiger partial charge is 0.495 e. The molecule has 0 atom stereocenters. The lowest BCUT2D eigenvalue weighted by molar-refractivity contribution is 0.249. The first-order chi connectivity index (χ1) is 14.1. The minimum absolute atomic E-state index is 0.0231. The number of benzene rings is 1. The number of aryl methyl sites for hydroxylation is 1. The van der Waals surface area contributed by atoms with Crippen LogP contribution in [0.1, 0.15) is 18.1 Å². The van der Waals surface area contributed by atoms with Gasteiger partial charge >= 0.3 is 0 Å². The van der Waals surface area contributed by atoms with E-state index in [-0.39, 0.29) is 5.56 Å². The summed E-state index contributed by atoms with van der Waals surface area (Å²) in [6, 6.07) is 9.73. The van der Waals surface area contributed by atoms with Crippen molar-refractivity contribution in [3.8, 4) is 5.75 Å². The van der Waals surface area contributed by atoms with Gasteiger partial charge in [-0.1, -0.05) is 6.92 Å². The van der Waals surface area contributed by atoms with Crippen LogP contribution < -0.4 is 20.9 Å². The summed E-state index contributed by atoms with van der Waals surface area (Å²) in [7, 11) is 1.68. The van der Waals surface area contributed by atoms with Crippen molar-refractivity contribution in [2.24, 2.45) is 0 Å². The first kappa shape index (κ1) is 19.3. The number of nitrogens with two attached hydrogens (primary N) is 1. The summed E-state index contributed by atoms with van der Waals surface area (Å²) in [6.45, 7) is 6.50. The number of methoxy groups -OCH3 is 1. The topological polar surface area (TPSA) is 87.5 Å². The Morgan fingerprint density at radius 3 is 2.69 bits per heavy atom. The number of H-pyrrole nitrogens is 1. The summed E-state index contributed by atoms with van der Waals surface area (Å²) >= 11 is 0. The zero-order chi connectivity index (χ0) is 20.4. The van der Waals surface area contributed by atoms with Crippen molar-refractivity contribution in [2.45, 2.75) is 19.9 Å². The Morgan fingerprint density at radius 2 is 1.97 bits per heavy atom. The summed E-state index contributed by atoms with van der Waals surface area (Å²) in [4.78, 5) is 24.3. The molecule has 3 heterocycles. The molecule has 0 saturated carbocycles. The predicted molar refractivity (Wildman–Crippen MR) is 117 cm³/mol. The number of pyridine rings is 2. The lowest BCUT2D eigenvalue weighted by Gasteiger charge is -2.36. The molecule has 1 aliphatic rings. The van der Waals surface area contributed by atoms with Crippen LogP contribution in [0.4, 0.5) is 11.4 Å². The molecule has 0 aliphatic carbocycles. The van der Waals surface area contributed by atoms with Gasteiger partial charge in [-0.3, -0.25) is 14.7 Å². The van der Waals surface area contributed by atoms with E-state index in [1.807, 2.05) is 43.5 Å².